The molecule has 92 valence electrons. The average molecular weight is 240 g/mol. The van der Waals surface area contributed by atoms with Crippen molar-refractivity contribution in [3.63, 3.8) is 0 Å². The van der Waals surface area contributed by atoms with E-state index in [4.69, 9.17) is 12.6 Å². The van der Waals surface area contributed by atoms with Gasteiger partial charge in [0.25, 0.3) is 0 Å². The Labute approximate surface area is 105 Å². The van der Waals surface area contributed by atoms with Crippen LogP contribution in [-0.4, -0.2) is 47.9 Å². The molecule has 16 heavy (non-hydrogen) atoms. The zero-order chi connectivity index (χ0) is 11.5. The highest BCUT2D eigenvalue weighted by atomic mass is 32.1. The quantitative estimate of drug-likeness (QED) is 0.598. The van der Waals surface area contributed by atoms with Crippen molar-refractivity contribution in [3.05, 3.63) is 11.6 Å². The van der Waals surface area contributed by atoms with E-state index in [1.165, 1.54) is 32.4 Å². The largest absolute Gasteiger partial charge is 0.302 e. The van der Waals surface area contributed by atoms with Gasteiger partial charge in [0.2, 0.25) is 0 Å². The van der Waals surface area contributed by atoms with Gasteiger partial charge < -0.3 is 4.90 Å². The summed E-state index contributed by atoms with van der Waals surface area (Å²) < 4.78 is 0. The first-order chi connectivity index (χ1) is 7.72. The molecule has 2 atom stereocenters. The fourth-order valence-corrected chi connectivity index (χ4v) is 3.14. The second kappa shape index (κ2) is 5.56. The van der Waals surface area contributed by atoms with Crippen LogP contribution in [0.4, 0.5) is 0 Å². The Morgan fingerprint density at radius 2 is 2.31 bits per heavy atom. The van der Waals surface area contributed by atoms with Gasteiger partial charge in [0.15, 0.2) is 0 Å². The van der Waals surface area contributed by atoms with E-state index >= 15 is 0 Å². The third-order valence-corrected chi connectivity index (χ3v) is 4.58. The van der Waals surface area contributed by atoms with E-state index in [0.29, 0.717) is 11.4 Å². The Morgan fingerprint density at radius 3 is 2.94 bits per heavy atom. The molecule has 1 fully saturated rings. The van der Waals surface area contributed by atoms with Crippen LogP contribution in [0.25, 0.3) is 0 Å². The molecule has 0 aromatic rings. The summed E-state index contributed by atoms with van der Waals surface area (Å²) in [5.74, 6) is 0. The minimum Gasteiger partial charge on any atom is -0.302 e. The lowest BCUT2D eigenvalue weighted by Crippen LogP contribution is -2.39. The molecular formula is C13H24N2S. The van der Waals surface area contributed by atoms with Crippen LogP contribution in [0.1, 0.15) is 32.6 Å². The molecule has 2 aliphatic rings. The third-order valence-electron chi connectivity index (χ3n) is 3.92. The molecule has 0 aromatic carbocycles. The molecule has 0 radical (unpaired) electrons. The van der Waals surface area contributed by atoms with E-state index in [9.17, 15) is 0 Å². The predicted molar refractivity (Wildman–Crippen MR) is 73.0 cm³/mol. The molecule has 2 nitrogen and oxygen atoms in total. The van der Waals surface area contributed by atoms with Crippen LogP contribution >= 0.6 is 12.6 Å². The number of thiol groups is 1. The Bertz CT molecular complexity index is 265. The monoisotopic (exact) mass is 240 g/mol. The highest BCUT2D eigenvalue weighted by Gasteiger charge is 2.31. The topological polar surface area (TPSA) is 6.48 Å². The van der Waals surface area contributed by atoms with Crippen molar-refractivity contribution in [2.24, 2.45) is 0 Å². The second-order valence-corrected chi connectivity index (χ2v) is 5.67. The van der Waals surface area contributed by atoms with Gasteiger partial charge in [-0.25, -0.2) is 0 Å². The predicted octanol–water partition coefficient (Wildman–Crippen LogP) is 2.38. The van der Waals surface area contributed by atoms with Crippen molar-refractivity contribution in [3.8, 4) is 0 Å². The zero-order valence-electron chi connectivity index (χ0n) is 10.5. The van der Waals surface area contributed by atoms with Gasteiger partial charge in [-0.15, -0.1) is 0 Å². The molecule has 0 N–H and O–H groups in total. The summed E-state index contributed by atoms with van der Waals surface area (Å²) in [5, 5.41) is 0.452. The van der Waals surface area contributed by atoms with E-state index in [2.05, 4.69) is 29.8 Å². The van der Waals surface area contributed by atoms with E-state index in [1.54, 1.807) is 5.57 Å². The summed E-state index contributed by atoms with van der Waals surface area (Å²) in [6.45, 7) is 5.82. The lowest BCUT2D eigenvalue weighted by Gasteiger charge is -2.33. The Morgan fingerprint density at radius 1 is 1.50 bits per heavy atom. The van der Waals surface area contributed by atoms with Crippen LogP contribution in [-0.2, 0) is 0 Å². The van der Waals surface area contributed by atoms with Gasteiger partial charge in [0.1, 0.15) is 0 Å². The van der Waals surface area contributed by atoms with Gasteiger partial charge in [0.05, 0.1) is 5.37 Å². The molecule has 2 rings (SSSR count). The minimum atomic E-state index is 0.452. The number of nitrogens with zero attached hydrogens (tertiary/aromatic N) is 2. The molecule has 1 saturated heterocycles. The van der Waals surface area contributed by atoms with Crippen molar-refractivity contribution >= 4 is 12.6 Å². The van der Waals surface area contributed by atoms with Gasteiger partial charge in [-0.3, -0.25) is 4.90 Å². The number of likely N-dealkylation sites (tertiary alicyclic amines) is 1. The van der Waals surface area contributed by atoms with Gasteiger partial charge in [-0.1, -0.05) is 18.6 Å². The average Bonchev–Trinajstić information content (AvgIpc) is 2.78. The van der Waals surface area contributed by atoms with Gasteiger partial charge in [-0.05, 0) is 39.3 Å². The first-order valence-corrected chi connectivity index (χ1v) is 7.05. The minimum absolute atomic E-state index is 0.452. The molecule has 0 saturated carbocycles. The lowest BCUT2D eigenvalue weighted by molar-refractivity contribution is 0.245. The van der Waals surface area contributed by atoms with Crippen molar-refractivity contribution < 1.29 is 0 Å². The molecule has 3 heteroatoms. The van der Waals surface area contributed by atoms with Crippen LogP contribution in [0, 0.1) is 0 Å². The van der Waals surface area contributed by atoms with E-state index in [-0.39, 0.29) is 0 Å². The SMILES string of the molecule is CCC(S)N1CCC[C@H]1C1=CCN(C)CC1. The maximum absolute atomic E-state index is 4.71. The van der Waals surface area contributed by atoms with Crippen LogP contribution in [0.5, 0.6) is 0 Å². The highest BCUT2D eigenvalue weighted by Crippen LogP contribution is 2.30. The van der Waals surface area contributed by atoms with E-state index in [0.717, 1.165) is 13.0 Å². The fourth-order valence-electron chi connectivity index (χ4n) is 2.87. The summed E-state index contributed by atoms with van der Waals surface area (Å²) >= 11 is 4.71. The molecule has 0 aromatic heterocycles. The Kier molecular flexibility index (Phi) is 4.34. The fraction of sp³-hybridized carbons (Fsp3) is 0.846. The summed E-state index contributed by atoms with van der Waals surface area (Å²) in [4.78, 5) is 4.99. The summed E-state index contributed by atoms with van der Waals surface area (Å²) in [5.41, 5.74) is 1.67. The highest BCUT2D eigenvalue weighted by molar-refractivity contribution is 7.80. The van der Waals surface area contributed by atoms with Gasteiger partial charge in [0, 0.05) is 19.1 Å². The zero-order valence-corrected chi connectivity index (χ0v) is 11.4. The Balaban J connectivity index is 2.02. The Hall–Kier alpha value is 0.01000. The van der Waals surface area contributed by atoms with Crippen molar-refractivity contribution in [2.45, 2.75) is 44.0 Å². The maximum atomic E-state index is 4.71. The third kappa shape index (κ3) is 2.63. The first kappa shape index (κ1) is 12.5. The molecule has 0 amide bonds. The van der Waals surface area contributed by atoms with Crippen LogP contribution in [0.3, 0.4) is 0 Å². The van der Waals surface area contributed by atoms with Crippen LogP contribution < -0.4 is 0 Å². The molecule has 2 heterocycles. The van der Waals surface area contributed by atoms with Crippen LogP contribution in [0.15, 0.2) is 11.6 Å². The normalized spacial score (nSPS) is 30.4. The summed E-state index contributed by atoms with van der Waals surface area (Å²) in [6, 6.07) is 0.691. The maximum Gasteiger partial charge on any atom is 0.0530 e. The molecule has 0 spiro atoms. The first-order valence-electron chi connectivity index (χ1n) is 6.53. The molecule has 2 aliphatic heterocycles. The smallest absolute Gasteiger partial charge is 0.0530 e. The lowest BCUT2D eigenvalue weighted by atomic mass is 9.98. The van der Waals surface area contributed by atoms with Gasteiger partial charge in [-0.2, -0.15) is 12.6 Å². The van der Waals surface area contributed by atoms with E-state index in [1.807, 2.05) is 0 Å². The molecule has 0 bridgehead atoms. The second-order valence-electron chi connectivity index (χ2n) is 5.08. The molecule has 0 aliphatic carbocycles. The van der Waals surface area contributed by atoms with E-state index < -0.39 is 0 Å². The van der Waals surface area contributed by atoms with Crippen molar-refractivity contribution in [1.29, 1.82) is 0 Å². The number of hydrogen-bond acceptors (Lipinski definition) is 3. The summed E-state index contributed by atoms with van der Waals surface area (Å²) in [6.07, 6.45) is 7.53. The number of likely N-dealkylation sites (N-methyl/N-ethyl adjacent to an activating group) is 1. The van der Waals surface area contributed by atoms with Crippen LogP contribution in [0.2, 0.25) is 0 Å². The standard InChI is InChI=1S/C13H24N2S/c1-3-13(16)15-8-4-5-12(15)11-6-9-14(2)10-7-11/h6,12-13,16H,3-5,7-10H2,1-2H3/t12-,13?/m0/s1. The number of hydrogen-bond donors (Lipinski definition) is 1. The summed E-state index contributed by atoms with van der Waals surface area (Å²) in [7, 11) is 2.20. The number of rotatable bonds is 3. The molecule has 1 unspecified atom stereocenters. The van der Waals surface area contributed by atoms with Crippen molar-refractivity contribution in [2.75, 3.05) is 26.7 Å². The molecular weight excluding hydrogens is 216 g/mol. The van der Waals surface area contributed by atoms with Crippen molar-refractivity contribution in [1.82, 2.24) is 9.80 Å². The van der Waals surface area contributed by atoms with Gasteiger partial charge >= 0.3 is 0 Å².